The van der Waals surface area contributed by atoms with Gasteiger partial charge in [0.15, 0.2) is 0 Å². The van der Waals surface area contributed by atoms with E-state index in [9.17, 15) is 0 Å². The zero-order chi connectivity index (χ0) is 7.72. The maximum atomic E-state index is 5.45. The van der Waals surface area contributed by atoms with Gasteiger partial charge in [0.05, 0.1) is 22.7 Å². The van der Waals surface area contributed by atoms with Crippen LogP contribution in [-0.4, -0.2) is 21.9 Å². The highest BCUT2D eigenvalue weighted by atomic mass is 16.0. The zero-order valence-corrected chi connectivity index (χ0v) is 7.46. The van der Waals surface area contributed by atoms with Gasteiger partial charge in [0.25, 0.3) is 0 Å². The van der Waals surface area contributed by atoms with Crippen molar-refractivity contribution in [3.8, 4) is 0 Å². The molecule has 0 saturated heterocycles. The maximum Gasteiger partial charge on any atom is 0.0802 e. The molecule has 14 heavy (non-hydrogen) atoms. The van der Waals surface area contributed by atoms with E-state index in [4.69, 9.17) is 22.9 Å². The molecular weight excluding hydrogens is 192 g/mol. The lowest BCUT2D eigenvalue weighted by molar-refractivity contribution is 0.823. The largest absolute Gasteiger partial charge is 0.412 e. The van der Waals surface area contributed by atoms with Crippen molar-refractivity contribution in [2.45, 2.75) is 0 Å². The first-order chi connectivity index (χ1) is 4.63. The monoisotopic (exact) mass is 210 g/mol. The van der Waals surface area contributed by atoms with E-state index in [1.165, 1.54) is 0 Å². The lowest BCUT2D eigenvalue weighted by atomic mass is 10.2. The maximum absolute atomic E-state index is 5.45. The van der Waals surface area contributed by atoms with Gasteiger partial charge in [-0.2, -0.15) is 0 Å². The molecule has 16 N–H and O–H groups in total. The van der Waals surface area contributed by atoms with Gasteiger partial charge in [-0.25, -0.2) is 0 Å². The molecule has 1 aromatic rings. The molecule has 0 saturated carbocycles. The minimum Gasteiger partial charge on any atom is -0.412 e. The molecule has 0 aliphatic carbocycles. The molecule has 0 aliphatic heterocycles. The molecule has 86 valence electrons. The van der Waals surface area contributed by atoms with Gasteiger partial charge in [-0.3, -0.25) is 0 Å². The Morgan fingerprint density at radius 3 is 1.00 bits per heavy atom. The third-order valence-electron chi connectivity index (χ3n) is 1.35. The topological polar surface area (TPSA) is 230 Å². The van der Waals surface area contributed by atoms with Gasteiger partial charge in [0.2, 0.25) is 0 Å². The van der Waals surface area contributed by atoms with Crippen LogP contribution in [0.2, 0.25) is 0 Å². The van der Waals surface area contributed by atoms with Crippen molar-refractivity contribution in [3.05, 3.63) is 12.1 Å². The molecule has 0 fully saturated rings. The van der Waals surface area contributed by atoms with E-state index in [0.717, 1.165) is 0 Å². The Bertz CT molecular complexity index is 241. The summed E-state index contributed by atoms with van der Waals surface area (Å²) >= 11 is 0. The van der Waals surface area contributed by atoms with Crippen LogP contribution in [0, 0.1) is 0 Å². The second kappa shape index (κ2) is 7.89. The first-order valence-corrected chi connectivity index (χ1v) is 2.82. The molecule has 1 rings (SSSR count). The summed E-state index contributed by atoms with van der Waals surface area (Å²) in [6.45, 7) is 0. The van der Waals surface area contributed by atoms with Gasteiger partial charge >= 0.3 is 0 Å². The highest BCUT2D eigenvalue weighted by Gasteiger charge is 2.00. The van der Waals surface area contributed by atoms with Gasteiger partial charge < -0.3 is 44.8 Å². The van der Waals surface area contributed by atoms with Crippen molar-refractivity contribution in [3.63, 3.8) is 0 Å². The van der Waals surface area contributed by atoms with Crippen LogP contribution in [0.1, 0.15) is 0 Å². The van der Waals surface area contributed by atoms with E-state index in [2.05, 4.69) is 0 Å². The van der Waals surface area contributed by atoms with Crippen LogP contribution in [-0.2, 0) is 0 Å². The lowest BCUT2D eigenvalue weighted by Gasteiger charge is -2.05. The summed E-state index contributed by atoms with van der Waals surface area (Å²) < 4.78 is 0. The second-order valence-electron chi connectivity index (χ2n) is 2.07. The van der Waals surface area contributed by atoms with Crippen molar-refractivity contribution >= 4 is 22.7 Å². The summed E-state index contributed by atoms with van der Waals surface area (Å²) in [5, 5.41) is 0. The number of hydrogen-bond donors (Lipinski definition) is 4. The minimum atomic E-state index is 0. The van der Waals surface area contributed by atoms with E-state index in [1.807, 2.05) is 0 Å². The first kappa shape index (κ1) is 22.8. The van der Waals surface area contributed by atoms with E-state index in [1.54, 1.807) is 12.1 Å². The standard InChI is InChI=1S/C6H10N4.4H2O/c7-3-1-2-4(8)6(10)5(3)9;;;;/h1-2H,7-10H2;4*1H2. The normalized spacial score (nSPS) is 6.86. The Balaban J connectivity index is -0.000000125. The van der Waals surface area contributed by atoms with Crippen LogP contribution >= 0.6 is 0 Å². The summed E-state index contributed by atoms with van der Waals surface area (Å²) in [6, 6.07) is 3.25. The Labute approximate surface area is 80.7 Å². The second-order valence-corrected chi connectivity index (χ2v) is 2.07. The molecule has 0 bridgehead atoms. The van der Waals surface area contributed by atoms with Crippen LogP contribution in [0.5, 0.6) is 0 Å². The van der Waals surface area contributed by atoms with Crippen molar-refractivity contribution < 1.29 is 21.9 Å². The molecule has 8 heteroatoms. The first-order valence-electron chi connectivity index (χ1n) is 2.82. The fourth-order valence-corrected chi connectivity index (χ4v) is 0.670. The minimum absolute atomic E-state index is 0. The van der Waals surface area contributed by atoms with Crippen LogP contribution in [0.3, 0.4) is 0 Å². The number of anilines is 4. The number of benzene rings is 1. The number of nitrogen functional groups attached to an aromatic ring is 4. The molecule has 1 aromatic carbocycles. The average Bonchev–Trinajstić information content (AvgIpc) is 1.93. The Morgan fingerprint density at radius 1 is 0.571 bits per heavy atom. The van der Waals surface area contributed by atoms with Gasteiger partial charge in [-0.05, 0) is 12.1 Å². The number of hydrogen-bond acceptors (Lipinski definition) is 4. The molecule has 0 aromatic heterocycles. The van der Waals surface area contributed by atoms with Crippen molar-refractivity contribution in [1.29, 1.82) is 0 Å². The fourth-order valence-electron chi connectivity index (χ4n) is 0.670. The smallest absolute Gasteiger partial charge is 0.0802 e. The summed E-state index contributed by atoms with van der Waals surface area (Å²) in [5.41, 5.74) is 23.4. The van der Waals surface area contributed by atoms with Crippen molar-refractivity contribution in [1.82, 2.24) is 0 Å². The van der Waals surface area contributed by atoms with Crippen LogP contribution in [0.4, 0.5) is 22.7 Å². The molecule has 0 heterocycles. The molecular formula is C6H18N4O4. The van der Waals surface area contributed by atoms with Crippen molar-refractivity contribution in [2.24, 2.45) is 0 Å². The van der Waals surface area contributed by atoms with E-state index in [-0.39, 0.29) is 21.9 Å². The zero-order valence-electron chi connectivity index (χ0n) is 7.46. The Kier molecular flexibility index (Phi) is 12.8. The SMILES string of the molecule is Nc1ccc(N)c(N)c1N.O.O.O.O. The predicted molar refractivity (Wildman–Crippen MR) is 58.5 cm³/mol. The lowest BCUT2D eigenvalue weighted by Crippen LogP contribution is -2.02. The molecule has 8 nitrogen and oxygen atoms in total. The summed E-state index contributed by atoms with van der Waals surface area (Å²) in [4.78, 5) is 0. The number of rotatable bonds is 0. The highest BCUT2D eigenvalue weighted by Crippen LogP contribution is 2.27. The molecule has 0 radical (unpaired) electrons. The summed E-state index contributed by atoms with van der Waals surface area (Å²) in [7, 11) is 0. The predicted octanol–water partition coefficient (Wildman–Crippen LogP) is -3.28. The van der Waals surface area contributed by atoms with Crippen LogP contribution < -0.4 is 22.9 Å². The van der Waals surface area contributed by atoms with Crippen LogP contribution in [0.15, 0.2) is 12.1 Å². The van der Waals surface area contributed by atoms with E-state index in [0.29, 0.717) is 22.7 Å². The third-order valence-corrected chi connectivity index (χ3v) is 1.35. The third kappa shape index (κ3) is 3.78. The highest BCUT2D eigenvalue weighted by molar-refractivity contribution is 5.85. The summed E-state index contributed by atoms with van der Waals surface area (Å²) in [5.74, 6) is 0. The molecule has 0 amide bonds. The quantitative estimate of drug-likeness (QED) is 0.322. The Hall–Kier alpha value is -1.74. The average molecular weight is 210 g/mol. The number of nitrogens with two attached hydrogens (primary N) is 4. The van der Waals surface area contributed by atoms with Gasteiger partial charge in [-0.15, -0.1) is 0 Å². The fraction of sp³-hybridized carbons (Fsp3) is 0. The van der Waals surface area contributed by atoms with Gasteiger partial charge in [-0.1, -0.05) is 0 Å². The van der Waals surface area contributed by atoms with Crippen molar-refractivity contribution in [2.75, 3.05) is 22.9 Å². The Morgan fingerprint density at radius 2 is 0.786 bits per heavy atom. The molecule has 0 unspecified atom stereocenters. The molecule has 0 atom stereocenters. The molecule has 0 spiro atoms. The molecule has 0 aliphatic rings. The summed E-state index contributed by atoms with van der Waals surface area (Å²) in [6.07, 6.45) is 0. The van der Waals surface area contributed by atoms with E-state index < -0.39 is 0 Å². The van der Waals surface area contributed by atoms with E-state index >= 15 is 0 Å². The van der Waals surface area contributed by atoms with Gasteiger partial charge in [0, 0.05) is 0 Å². The van der Waals surface area contributed by atoms with Gasteiger partial charge in [0.1, 0.15) is 0 Å². The van der Waals surface area contributed by atoms with Crippen LogP contribution in [0.25, 0.3) is 0 Å².